The molecular formula is C11H22N2O2. The van der Waals surface area contributed by atoms with Crippen molar-refractivity contribution in [2.45, 2.75) is 45.8 Å². The van der Waals surface area contributed by atoms with Gasteiger partial charge in [0.05, 0.1) is 6.10 Å². The van der Waals surface area contributed by atoms with Crippen LogP contribution < -0.4 is 5.73 Å². The van der Waals surface area contributed by atoms with E-state index in [0.717, 1.165) is 6.42 Å². The summed E-state index contributed by atoms with van der Waals surface area (Å²) in [6.07, 6.45) is 0.909. The first-order valence-corrected chi connectivity index (χ1v) is 5.49. The van der Waals surface area contributed by atoms with Gasteiger partial charge in [0.1, 0.15) is 0 Å². The quantitative estimate of drug-likeness (QED) is 0.712. The molecule has 0 spiro atoms. The number of nitrogens with two attached hydrogens (primary N) is 1. The van der Waals surface area contributed by atoms with E-state index in [0.29, 0.717) is 19.5 Å². The Labute approximate surface area is 91.4 Å². The van der Waals surface area contributed by atoms with Crippen LogP contribution in [0.25, 0.3) is 0 Å². The van der Waals surface area contributed by atoms with Gasteiger partial charge in [-0.3, -0.25) is 4.79 Å². The van der Waals surface area contributed by atoms with Crippen LogP contribution in [0.5, 0.6) is 0 Å². The first kappa shape index (κ1) is 12.5. The van der Waals surface area contributed by atoms with E-state index in [9.17, 15) is 4.79 Å². The van der Waals surface area contributed by atoms with Crippen LogP contribution in [0.4, 0.5) is 0 Å². The van der Waals surface area contributed by atoms with Crippen LogP contribution in [-0.4, -0.2) is 41.1 Å². The van der Waals surface area contributed by atoms with Gasteiger partial charge in [-0.2, -0.15) is 0 Å². The average Bonchev–Trinajstić information content (AvgIpc) is 1.94. The Hall–Kier alpha value is -0.610. The highest BCUT2D eigenvalue weighted by Crippen LogP contribution is 2.22. The fourth-order valence-corrected chi connectivity index (χ4v) is 1.87. The minimum Gasteiger partial charge on any atom is -0.389 e. The number of aliphatic hydroxyl groups excluding tert-OH is 1. The van der Waals surface area contributed by atoms with Gasteiger partial charge < -0.3 is 15.7 Å². The van der Waals surface area contributed by atoms with Gasteiger partial charge in [-0.25, -0.2) is 0 Å². The van der Waals surface area contributed by atoms with E-state index in [1.165, 1.54) is 0 Å². The lowest BCUT2D eigenvalue weighted by Gasteiger charge is -2.36. The summed E-state index contributed by atoms with van der Waals surface area (Å²) in [5.41, 5.74) is 6.06. The molecule has 88 valence electrons. The van der Waals surface area contributed by atoms with Gasteiger partial charge in [0, 0.05) is 25.6 Å². The molecule has 0 radical (unpaired) electrons. The maximum Gasteiger partial charge on any atom is 0.224 e. The third kappa shape index (κ3) is 4.18. The number of likely N-dealkylation sites (tertiary alicyclic amines) is 1. The number of rotatable bonds is 3. The summed E-state index contributed by atoms with van der Waals surface area (Å²) in [4.78, 5) is 13.3. The van der Waals surface area contributed by atoms with E-state index in [-0.39, 0.29) is 23.5 Å². The van der Waals surface area contributed by atoms with E-state index in [4.69, 9.17) is 10.8 Å². The van der Waals surface area contributed by atoms with Crippen molar-refractivity contribution in [2.75, 3.05) is 13.1 Å². The molecule has 1 aliphatic heterocycles. The number of hydrogen-bond acceptors (Lipinski definition) is 3. The van der Waals surface area contributed by atoms with Crippen LogP contribution in [0, 0.1) is 5.41 Å². The Balaban J connectivity index is 2.26. The molecule has 4 heteroatoms. The molecule has 1 amide bonds. The van der Waals surface area contributed by atoms with Gasteiger partial charge in [0.2, 0.25) is 5.91 Å². The zero-order valence-corrected chi connectivity index (χ0v) is 9.86. The van der Waals surface area contributed by atoms with Gasteiger partial charge in [0.15, 0.2) is 0 Å². The number of carbonyl (C=O) groups excluding carboxylic acids is 1. The summed E-state index contributed by atoms with van der Waals surface area (Å²) in [6.45, 7) is 7.29. The summed E-state index contributed by atoms with van der Waals surface area (Å²) in [5, 5.41) is 9.06. The van der Waals surface area contributed by atoms with Crippen molar-refractivity contribution >= 4 is 5.91 Å². The Bertz CT molecular complexity index is 229. The lowest BCUT2D eigenvalue weighted by atomic mass is 9.87. The first-order chi connectivity index (χ1) is 6.78. The molecule has 1 aliphatic rings. The minimum absolute atomic E-state index is 0.0667. The SMILES string of the molecule is CC(C)(C)CC(N)CC(=O)N1CC(O)C1. The molecule has 1 atom stereocenters. The number of nitrogens with zero attached hydrogens (tertiary/aromatic N) is 1. The van der Waals surface area contributed by atoms with Crippen molar-refractivity contribution in [3.8, 4) is 0 Å². The van der Waals surface area contributed by atoms with Gasteiger partial charge >= 0.3 is 0 Å². The number of amides is 1. The molecule has 0 aromatic carbocycles. The van der Waals surface area contributed by atoms with Crippen molar-refractivity contribution < 1.29 is 9.90 Å². The van der Waals surface area contributed by atoms with Crippen LogP contribution in [0.15, 0.2) is 0 Å². The van der Waals surface area contributed by atoms with Crippen molar-refractivity contribution in [1.29, 1.82) is 0 Å². The fourth-order valence-electron chi connectivity index (χ4n) is 1.87. The summed E-state index contributed by atoms with van der Waals surface area (Å²) in [6, 6.07) is -0.0738. The Morgan fingerprint density at radius 2 is 2.07 bits per heavy atom. The van der Waals surface area contributed by atoms with Crippen molar-refractivity contribution in [1.82, 2.24) is 4.90 Å². The van der Waals surface area contributed by atoms with Crippen LogP contribution in [0.1, 0.15) is 33.6 Å². The molecule has 0 aliphatic carbocycles. The Kier molecular flexibility index (Phi) is 3.73. The summed E-state index contributed by atoms with van der Waals surface area (Å²) < 4.78 is 0. The maximum absolute atomic E-state index is 11.6. The molecule has 4 nitrogen and oxygen atoms in total. The van der Waals surface area contributed by atoms with Gasteiger partial charge in [0.25, 0.3) is 0 Å². The first-order valence-electron chi connectivity index (χ1n) is 5.49. The molecule has 0 saturated carbocycles. The van der Waals surface area contributed by atoms with Crippen molar-refractivity contribution in [2.24, 2.45) is 11.1 Å². The molecule has 3 N–H and O–H groups in total. The lowest BCUT2D eigenvalue weighted by molar-refractivity contribution is -0.141. The van der Waals surface area contributed by atoms with Crippen LogP contribution >= 0.6 is 0 Å². The maximum atomic E-state index is 11.6. The largest absolute Gasteiger partial charge is 0.389 e. The number of aliphatic hydroxyl groups is 1. The lowest BCUT2D eigenvalue weighted by Crippen LogP contribution is -2.54. The monoisotopic (exact) mass is 214 g/mol. The third-order valence-electron chi connectivity index (χ3n) is 2.53. The second-order valence-electron chi connectivity index (χ2n) is 5.68. The van der Waals surface area contributed by atoms with Crippen LogP contribution in [0.3, 0.4) is 0 Å². The number of hydrogen-bond donors (Lipinski definition) is 2. The van der Waals surface area contributed by atoms with Crippen molar-refractivity contribution in [3.05, 3.63) is 0 Å². The van der Waals surface area contributed by atoms with Gasteiger partial charge in [-0.15, -0.1) is 0 Å². The van der Waals surface area contributed by atoms with E-state index in [2.05, 4.69) is 20.8 Å². The van der Waals surface area contributed by atoms with Gasteiger partial charge in [-0.05, 0) is 11.8 Å². The highest BCUT2D eigenvalue weighted by molar-refractivity contribution is 5.77. The minimum atomic E-state index is -0.326. The molecule has 15 heavy (non-hydrogen) atoms. The fraction of sp³-hybridized carbons (Fsp3) is 0.909. The standard InChI is InChI=1S/C11H22N2O2/c1-11(2,3)5-8(12)4-10(15)13-6-9(14)7-13/h8-9,14H,4-7,12H2,1-3H3. The molecular weight excluding hydrogens is 192 g/mol. The molecule has 0 aromatic heterocycles. The molecule has 1 fully saturated rings. The summed E-state index contributed by atoms with van der Waals surface area (Å²) in [7, 11) is 0. The highest BCUT2D eigenvalue weighted by Gasteiger charge is 2.30. The molecule has 1 rings (SSSR count). The van der Waals surface area contributed by atoms with E-state index >= 15 is 0 Å². The Morgan fingerprint density at radius 1 is 1.53 bits per heavy atom. The number of carbonyl (C=O) groups is 1. The summed E-state index contributed by atoms with van der Waals surface area (Å²) >= 11 is 0. The number of β-amino-alcohol motifs (C(OH)–C–C–N with tert-alkyl or cyclic N) is 1. The molecule has 1 heterocycles. The van der Waals surface area contributed by atoms with Crippen molar-refractivity contribution in [3.63, 3.8) is 0 Å². The van der Waals surface area contributed by atoms with E-state index < -0.39 is 0 Å². The predicted octanol–water partition coefficient (Wildman–Crippen LogP) is 0.343. The molecule has 0 bridgehead atoms. The third-order valence-corrected chi connectivity index (χ3v) is 2.53. The molecule has 1 unspecified atom stereocenters. The normalized spacial score (nSPS) is 19.9. The average molecular weight is 214 g/mol. The zero-order chi connectivity index (χ0) is 11.6. The predicted molar refractivity (Wildman–Crippen MR) is 59.3 cm³/mol. The second-order valence-corrected chi connectivity index (χ2v) is 5.68. The van der Waals surface area contributed by atoms with Crippen LogP contribution in [0.2, 0.25) is 0 Å². The highest BCUT2D eigenvalue weighted by atomic mass is 16.3. The summed E-state index contributed by atoms with van der Waals surface area (Å²) in [5.74, 6) is 0.0667. The molecule has 1 saturated heterocycles. The van der Waals surface area contributed by atoms with Crippen LogP contribution in [-0.2, 0) is 4.79 Å². The van der Waals surface area contributed by atoms with E-state index in [1.54, 1.807) is 4.90 Å². The zero-order valence-electron chi connectivity index (χ0n) is 9.86. The Morgan fingerprint density at radius 3 is 2.47 bits per heavy atom. The molecule has 0 aromatic rings. The second kappa shape index (κ2) is 4.49. The van der Waals surface area contributed by atoms with E-state index in [1.807, 2.05) is 0 Å². The van der Waals surface area contributed by atoms with Gasteiger partial charge in [-0.1, -0.05) is 20.8 Å². The smallest absolute Gasteiger partial charge is 0.224 e. The topological polar surface area (TPSA) is 66.6 Å².